The molecule has 1 atom stereocenters. The summed E-state index contributed by atoms with van der Waals surface area (Å²) in [5.41, 5.74) is 0. The van der Waals surface area contributed by atoms with E-state index in [2.05, 4.69) is 5.32 Å². The lowest BCUT2D eigenvalue weighted by Crippen LogP contribution is -2.35. The van der Waals surface area contributed by atoms with Crippen LogP contribution in [0.25, 0.3) is 10.8 Å². The van der Waals surface area contributed by atoms with Gasteiger partial charge in [0.15, 0.2) is 0 Å². The molecule has 114 valence electrons. The number of hydrogen-bond acceptors (Lipinski definition) is 4. The Hall–Kier alpha value is -1.78. The van der Waals surface area contributed by atoms with Crippen molar-refractivity contribution in [3.05, 3.63) is 36.4 Å². The van der Waals surface area contributed by atoms with E-state index in [0.29, 0.717) is 12.6 Å². The highest BCUT2D eigenvalue weighted by molar-refractivity contribution is 5.93. The standard InChI is InChI=1S/C17H23NO3/c1-12(2)18-10-13(19)11-21-17-9-8-16(20-3)14-6-4-5-7-15(14)17/h4-9,12-13,18-19H,10-11H2,1-3H3/t13-/m0/s1. The molecule has 4 heteroatoms. The topological polar surface area (TPSA) is 50.7 Å². The zero-order valence-corrected chi connectivity index (χ0v) is 12.8. The summed E-state index contributed by atoms with van der Waals surface area (Å²) in [6.45, 7) is 4.87. The van der Waals surface area contributed by atoms with Gasteiger partial charge in [0.25, 0.3) is 0 Å². The van der Waals surface area contributed by atoms with E-state index in [1.54, 1.807) is 7.11 Å². The first-order valence-corrected chi connectivity index (χ1v) is 7.21. The van der Waals surface area contributed by atoms with Gasteiger partial charge >= 0.3 is 0 Å². The Kier molecular flexibility index (Phi) is 5.42. The molecule has 0 radical (unpaired) electrons. The first-order valence-electron chi connectivity index (χ1n) is 7.21. The average Bonchev–Trinajstić information content (AvgIpc) is 2.50. The summed E-state index contributed by atoms with van der Waals surface area (Å²) in [5.74, 6) is 1.58. The molecule has 0 aromatic heterocycles. The number of rotatable bonds is 7. The van der Waals surface area contributed by atoms with Gasteiger partial charge in [0.1, 0.15) is 24.2 Å². The number of ether oxygens (including phenoxy) is 2. The van der Waals surface area contributed by atoms with Crippen LogP contribution >= 0.6 is 0 Å². The molecule has 0 amide bonds. The van der Waals surface area contributed by atoms with Crippen molar-refractivity contribution in [1.82, 2.24) is 5.32 Å². The Morgan fingerprint density at radius 3 is 2.29 bits per heavy atom. The van der Waals surface area contributed by atoms with Gasteiger partial charge in [-0.3, -0.25) is 0 Å². The van der Waals surface area contributed by atoms with Crippen LogP contribution < -0.4 is 14.8 Å². The Labute approximate surface area is 125 Å². The fourth-order valence-corrected chi connectivity index (χ4v) is 2.16. The molecule has 0 aliphatic heterocycles. The van der Waals surface area contributed by atoms with Gasteiger partial charge in [-0.05, 0) is 12.1 Å². The Morgan fingerprint density at radius 1 is 1.05 bits per heavy atom. The summed E-state index contributed by atoms with van der Waals surface area (Å²) >= 11 is 0. The molecule has 0 aliphatic carbocycles. The normalized spacial score (nSPS) is 12.6. The largest absolute Gasteiger partial charge is 0.496 e. The van der Waals surface area contributed by atoms with E-state index < -0.39 is 6.10 Å². The molecule has 2 aromatic carbocycles. The number of aliphatic hydroxyl groups is 1. The molecule has 0 heterocycles. The maximum atomic E-state index is 9.92. The molecule has 0 spiro atoms. The van der Waals surface area contributed by atoms with Crippen molar-refractivity contribution in [2.24, 2.45) is 0 Å². The van der Waals surface area contributed by atoms with E-state index in [1.807, 2.05) is 50.2 Å². The molecular weight excluding hydrogens is 266 g/mol. The van der Waals surface area contributed by atoms with Gasteiger partial charge in [0, 0.05) is 23.4 Å². The summed E-state index contributed by atoms with van der Waals surface area (Å²) in [4.78, 5) is 0. The zero-order chi connectivity index (χ0) is 15.2. The van der Waals surface area contributed by atoms with Crippen LogP contribution in [0.15, 0.2) is 36.4 Å². The van der Waals surface area contributed by atoms with E-state index in [1.165, 1.54) is 0 Å². The summed E-state index contributed by atoms with van der Waals surface area (Å²) in [5, 5.41) is 15.1. The van der Waals surface area contributed by atoms with Crippen LogP contribution in [0.2, 0.25) is 0 Å². The van der Waals surface area contributed by atoms with Crippen LogP contribution in [-0.2, 0) is 0 Å². The van der Waals surface area contributed by atoms with Crippen LogP contribution in [0.4, 0.5) is 0 Å². The molecule has 0 saturated carbocycles. The predicted molar refractivity (Wildman–Crippen MR) is 85.1 cm³/mol. The lowest BCUT2D eigenvalue weighted by Gasteiger charge is -2.16. The highest BCUT2D eigenvalue weighted by Gasteiger charge is 2.10. The summed E-state index contributed by atoms with van der Waals surface area (Å²) < 4.78 is 11.1. The predicted octanol–water partition coefficient (Wildman–Crippen LogP) is 2.59. The van der Waals surface area contributed by atoms with Crippen molar-refractivity contribution in [3.63, 3.8) is 0 Å². The van der Waals surface area contributed by atoms with Crippen LogP contribution in [0, 0.1) is 0 Å². The van der Waals surface area contributed by atoms with E-state index in [9.17, 15) is 5.11 Å². The molecule has 4 nitrogen and oxygen atoms in total. The highest BCUT2D eigenvalue weighted by Crippen LogP contribution is 2.32. The molecule has 2 aromatic rings. The molecule has 21 heavy (non-hydrogen) atoms. The van der Waals surface area contributed by atoms with Gasteiger partial charge in [0.05, 0.1) is 7.11 Å². The van der Waals surface area contributed by atoms with Gasteiger partial charge in [-0.2, -0.15) is 0 Å². The van der Waals surface area contributed by atoms with Crippen LogP contribution in [0.1, 0.15) is 13.8 Å². The van der Waals surface area contributed by atoms with Crippen molar-refractivity contribution in [2.75, 3.05) is 20.3 Å². The molecule has 2 rings (SSSR count). The SMILES string of the molecule is COc1ccc(OC[C@@H](O)CNC(C)C)c2ccccc12. The Bertz CT molecular complexity index is 583. The maximum absolute atomic E-state index is 9.92. The summed E-state index contributed by atoms with van der Waals surface area (Å²) in [7, 11) is 1.66. The molecule has 0 bridgehead atoms. The van der Waals surface area contributed by atoms with Gasteiger partial charge in [-0.15, -0.1) is 0 Å². The van der Waals surface area contributed by atoms with Crippen LogP contribution in [0.5, 0.6) is 11.5 Å². The summed E-state index contributed by atoms with van der Waals surface area (Å²) in [6, 6.07) is 12.0. The quantitative estimate of drug-likeness (QED) is 0.822. The van der Waals surface area contributed by atoms with E-state index in [0.717, 1.165) is 22.3 Å². The Balaban J connectivity index is 2.09. The van der Waals surface area contributed by atoms with Gasteiger partial charge in [0.2, 0.25) is 0 Å². The van der Waals surface area contributed by atoms with E-state index in [-0.39, 0.29) is 6.61 Å². The van der Waals surface area contributed by atoms with Crippen molar-refractivity contribution >= 4 is 10.8 Å². The molecule has 0 fully saturated rings. The second-order valence-corrected chi connectivity index (χ2v) is 5.34. The van der Waals surface area contributed by atoms with Gasteiger partial charge < -0.3 is 19.9 Å². The van der Waals surface area contributed by atoms with Crippen molar-refractivity contribution in [3.8, 4) is 11.5 Å². The van der Waals surface area contributed by atoms with Crippen molar-refractivity contribution in [2.45, 2.75) is 26.0 Å². The third kappa shape index (κ3) is 4.09. The highest BCUT2D eigenvalue weighted by atomic mass is 16.5. The molecule has 2 N–H and O–H groups in total. The average molecular weight is 289 g/mol. The lowest BCUT2D eigenvalue weighted by atomic mass is 10.1. The first kappa shape index (κ1) is 15.6. The fourth-order valence-electron chi connectivity index (χ4n) is 2.16. The zero-order valence-electron chi connectivity index (χ0n) is 12.8. The number of fused-ring (bicyclic) bond motifs is 1. The van der Waals surface area contributed by atoms with Gasteiger partial charge in [-0.1, -0.05) is 38.1 Å². The second kappa shape index (κ2) is 7.29. The number of nitrogens with one attached hydrogen (secondary N) is 1. The lowest BCUT2D eigenvalue weighted by molar-refractivity contribution is 0.105. The van der Waals surface area contributed by atoms with Crippen molar-refractivity contribution < 1.29 is 14.6 Å². The fraction of sp³-hybridized carbons (Fsp3) is 0.412. The third-order valence-electron chi connectivity index (χ3n) is 3.26. The number of hydrogen-bond donors (Lipinski definition) is 2. The minimum absolute atomic E-state index is 0.260. The number of aliphatic hydroxyl groups excluding tert-OH is 1. The third-order valence-corrected chi connectivity index (χ3v) is 3.26. The second-order valence-electron chi connectivity index (χ2n) is 5.34. The number of methoxy groups -OCH3 is 1. The maximum Gasteiger partial charge on any atom is 0.127 e. The van der Waals surface area contributed by atoms with Crippen LogP contribution in [0.3, 0.4) is 0 Å². The summed E-state index contributed by atoms with van der Waals surface area (Å²) in [6.07, 6.45) is -0.534. The van der Waals surface area contributed by atoms with Crippen LogP contribution in [-0.4, -0.2) is 37.5 Å². The molecule has 0 saturated heterocycles. The minimum Gasteiger partial charge on any atom is -0.496 e. The Morgan fingerprint density at radius 2 is 1.67 bits per heavy atom. The van der Waals surface area contributed by atoms with E-state index >= 15 is 0 Å². The smallest absolute Gasteiger partial charge is 0.127 e. The van der Waals surface area contributed by atoms with E-state index in [4.69, 9.17) is 9.47 Å². The molecular formula is C17H23NO3. The molecule has 0 unspecified atom stereocenters. The van der Waals surface area contributed by atoms with Crippen molar-refractivity contribution in [1.29, 1.82) is 0 Å². The first-order chi connectivity index (χ1) is 10.1. The van der Waals surface area contributed by atoms with Gasteiger partial charge in [-0.25, -0.2) is 0 Å². The number of benzene rings is 2. The molecule has 0 aliphatic rings. The monoisotopic (exact) mass is 289 g/mol. The minimum atomic E-state index is -0.534.